The van der Waals surface area contributed by atoms with E-state index >= 15 is 0 Å². The number of rotatable bonds is 4. The molecule has 1 aromatic heterocycles. The Bertz CT molecular complexity index is 1350. The number of nitrogens with zero attached hydrogens (tertiary/aromatic N) is 1. The predicted molar refractivity (Wildman–Crippen MR) is 126 cm³/mol. The van der Waals surface area contributed by atoms with E-state index < -0.39 is 0 Å². The molecule has 0 aliphatic carbocycles. The van der Waals surface area contributed by atoms with Crippen molar-refractivity contribution in [1.29, 1.82) is 0 Å². The van der Waals surface area contributed by atoms with Gasteiger partial charge in [0.25, 0.3) is 11.5 Å². The van der Waals surface area contributed by atoms with Gasteiger partial charge in [0.2, 0.25) is 0 Å². The zero-order chi connectivity index (χ0) is 22.1. The summed E-state index contributed by atoms with van der Waals surface area (Å²) in [4.78, 5) is 26.5. The van der Waals surface area contributed by atoms with Crippen LogP contribution in [-0.4, -0.2) is 10.5 Å². The van der Waals surface area contributed by atoms with Crippen LogP contribution in [0.4, 0.5) is 0 Å². The molecule has 0 saturated carbocycles. The maximum absolute atomic E-state index is 13.4. The van der Waals surface area contributed by atoms with Crippen molar-refractivity contribution in [2.24, 2.45) is 7.05 Å². The van der Waals surface area contributed by atoms with Crippen LogP contribution in [0.3, 0.4) is 0 Å². The molecule has 0 spiro atoms. The summed E-state index contributed by atoms with van der Waals surface area (Å²) in [6, 6.07) is 21.7. The van der Waals surface area contributed by atoms with Crippen molar-refractivity contribution in [3.8, 4) is 11.1 Å². The second-order valence-electron chi connectivity index (χ2n) is 8.13. The van der Waals surface area contributed by atoms with E-state index in [9.17, 15) is 9.59 Å². The summed E-state index contributed by atoms with van der Waals surface area (Å²) < 4.78 is 1.47. The Hall–Kier alpha value is -3.66. The van der Waals surface area contributed by atoms with Crippen molar-refractivity contribution in [3.05, 3.63) is 105 Å². The second kappa shape index (κ2) is 8.23. The Kier molecular flexibility index (Phi) is 5.47. The molecule has 0 atom stereocenters. The zero-order valence-corrected chi connectivity index (χ0v) is 18.3. The number of hydrogen-bond donors (Lipinski definition) is 1. The average Bonchev–Trinajstić information content (AvgIpc) is 2.74. The first-order valence-electron chi connectivity index (χ1n) is 10.4. The van der Waals surface area contributed by atoms with Crippen molar-refractivity contribution in [1.82, 2.24) is 9.88 Å². The normalized spacial score (nSPS) is 11.0. The van der Waals surface area contributed by atoms with Gasteiger partial charge in [-0.25, -0.2) is 0 Å². The van der Waals surface area contributed by atoms with Gasteiger partial charge in [-0.3, -0.25) is 9.59 Å². The Morgan fingerprint density at radius 2 is 1.48 bits per heavy atom. The van der Waals surface area contributed by atoms with Crippen LogP contribution >= 0.6 is 0 Å². The van der Waals surface area contributed by atoms with E-state index in [0.29, 0.717) is 17.6 Å². The van der Waals surface area contributed by atoms with Gasteiger partial charge in [0.1, 0.15) is 5.69 Å². The van der Waals surface area contributed by atoms with Crippen LogP contribution in [0.25, 0.3) is 21.9 Å². The third-order valence-electron chi connectivity index (χ3n) is 5.67. The number of benzene rings is 3. The van der Waals surface area contributed by atoms with Gasteiger partial charge in [-0.2, -0.15) is 0 Å². The maximum atomic E-state index is 13.4. The smallest absolute Gasteiger partial charge is 0.268 e. The Labute approximate surface area is 182 Å². The topological polar surface area (TPSA) is 51.1 Å². The van der Waals surface area contributed by atoms with E-state index in [-0.39, 0.29) is 11.5 Å². The number of nitrogens with one attached hydrogen (secondary N) is 1. The number of aryl methyl sites for hydroxylation is 3. The molecule has 1 heterocycles. The molecule has 156 valence electrons. The van der Waals surface area contributed by atoms with E-state index in [1.807, 2.05) is 69.3 Å². The summed E-state index contributed by atoms with van der Waals surface area (Å²) in [5.74, 6) is -0.261. The molecular formula is C27H26N2O2. The molecule has 0 radical (unpaired) electrons. The lowest BCUT2D eigenvalue weighted by molar-refractivity contribution is 0.0942. The third-order valence-corrected chi connectivity index (χ3v) is 5.67. The maximum Gasteiger partial charge on any atom is 0.268 e. The summed E-state index contributed by atoms with van der Waals surface area (Å²) in [6.07, 6.45) is 0. The Morgan fingerprint density at radius 1 is 0.871 bits per heavy atom. The minimum Gasteiger partial charge on any atom is -0.347 e. The molecule has 0 unspecified atom stereocenters. The van der Waals surface area contributed by atoms with Gasteiger partial charge in [0, 0.05) is 24.5 Å². The van der Waals surface area contributed by atoms with Gasteiger partial charge in [-0.1, -0.05) is 71.8 Å². The number of carbonyl (C=O) groups excluding carboxylic acids is 1. The molecule has 4 aromatic rings. The Morgan fingerprint density at radius 3 is 2.16 bits per heavy atom. The van der Waals surface area contributed by atoms with Crippen molar-refractivity contribution >= 4 is 16.7 Å². The number of aromatic nitrogens is 1. The molecule has 0 saturated heterocycles. The van der Waals surface area contributed by atoms with Gasteiger partial charge in [-0.05, 0) is 48.9 Å². The number of fused-ring (bicyclic) bond motifs is 1. The molecule has 31 heavy (non-hydrogen) atoms. The SMILES string of the molecule is Cc1cc(C)cc(CNC(=O)c2c(-c3ccccc3C)c3ccccc3c(=O)n2C)c1. The van der Waals surface area contributed by atoms with Crippen LogP contribution in [0, 0.1) is 20.8 Å². The fraction of sp³-hybridized carbons (Fsp3) is 0.185. The van der Waals surface area contributed by atoms with E-state index in [1.165, 1.54) is 4.57 Å². The molecule has 0 fully saturated rings. The number of pyridine rings is 1. The molecular weight excluding hydrogens is 384 g/mol. The Balaban J connectivity index is 1.87. The van der Waals surface area contributed by atoms with Crippen LogP contribution in [-0.2, 0) is 13.6 Å². The molecule has 3 aromatic carbocycles. The summed E-state index contributed by atoms with van der Waals surface area (Å²) in [5.41, 5.74) is 6.33. The van der Waals surface area contributed by atoms with Crippen LogP contribution < -0.4 is 10.9 Å². The number of amides is 1. The molecule has 4 rings (SSSR count). The van der Waals surface area contributed by atoms with Crippen LogP contribution in [0.1, 0.15) is 32.7 Å². The lowest BCUT2D eigenvalue weighted by atomic mass is 9.93. The lowest BCUT2D eigenvalue weighted by Crippen LogP contribution is -2.32. The van der Waals surface area contributed by atoms with Crippen molar-refractivity contribution in [3.63, 3.8) is 0 Å². The van der Waals surface area contributed by atoms with E-state index in [1.54, 1.807) is 7.05 Å². The molecule has 0 bridgehead atoms. The van der Waals surface area contributed by atoms with Gasteiger partial charge >= 0.3 is 0 Å². The molecule has 1 N–H and O–H groups in total. The fourth-order valence-corrected chi connectivity index (χ4v) is 4.29. The van der Waals surface area contributed by atoms with Gasteiger partial charge in [0.15, 0.2) is 0 Å². The number of carbonyl (C=O) groups is 1. The highest BCUT2D eigenvalue weighted by Crippen LogP contribution is 2.32. The standard InChI is InChI=1S/C27H26N2O2/c1-17-13-18(2)15-20(14-17)16-28-26(30)25-24(21-10-6-5-9-19(21)3)22-11-7-8-12-23(22)27(31)29(25)4/h5-15H,16H2,1-4H3,(H,28,30). The van der Waals surface area contributed by atoms with Crippen LogP contribution in [0.2, 0.25) is 0 Å². The quantitative estimate of drug-likeness (QED) is 0.511. The molecule has 4 heteroatoms. The van der Waals surface area contributed by atoms with Gasteiger partial charge < -0.3 is 9.88 Å². The van der Waals surface area contributed by atoms with Gasteiger partial charge in [0.05, 0.1) is 0 Å². The highest BCUT2D eigenvalue weighted by atomic mass is 16.2. The number of hydrogen-bond acceptors (Lipinski definition) is 2. The van der Waals surface area contributed by atoms with E-state index in [0.717, 1.165) is 38.8 Å². The zero-order valence-electron chi connectivity index (χ0n) is 18.3. The van der Waals surface area contributed by atoms with E-state index in [2.05, 4.69) is 23.5 Å². The van der Waals surface area contributed by atoms with Crippen LogP contribution in [0.5, 0.6) is 0 Å². The largest absolute Gasteiger partial charge is 0.347 e. The highest BCUT2D eigenvalue weighted by Gasteiger charge is 2.22. The molecule has 4 nitrogen and oxygen atoms in total. The minimum absolute atomic E-state index is 0.176. The fourth-order valence-electron chi connectivity index (χ4n) is 4.29. The lowest BCUT2D eigenvalue weighted by Gasteiger charge is -2.18. The monoisotopic (exact) mass is 410 g/mol. The summed E-state index contributed by atoms with van der Waals surface area (Å²) >= 11 is 0. The second-order valence-corrected chi connectivity index (χ2v) is 8.13. The average molecular weight is 411 g/mol. The van der Waals surface area contributed by atoms with Crippen molar-refractivity contribution < 1.29 is 4.79 Å². The summed E-state index contributed by atoms with van der Waals surface area (Å²) in [5, 5.41) is 4.43. The van der Waals surface area contributed by atoms with Crippen molar-refractivity contribution in [2.45, 2.75) is 27.3 Å². The first-order valence-corrected chi connectivity index (χ1v) is 10.4. The summed E-state index contributed by atoms with van der Waals surface area (Å²) in [7, 11) is 1.67. The molecule has 0 aliphatic rings. The van der Waals surface area contributed by atoms with Gasteiger partial charge in [-0.15, -0.1) is 0 Å². The third kappa shape index (κ3) is 3.89. The van der Waals surface area contributed by atoms with Crippen molar-refractivity contribution in [2.75, 3.05) is 0 Å². The first kappa shape index (κ1) is 20.6. The molecule has 0 aliphatic heterocycles. The summed E-state index contributed by atoms with van der Waals surface area (Å²) in [6.45, 7) is 6.51. The van der Waals surface area contributed by atoms with Crippen LogP contribution in [0.15, 0.2) is 71.5 Å². The molecule has 1 amide bonds. The minimum atomic E-state index is -0.261. The van der Waals surface area contributed by atoms with E-state index in [4.69, 9.17) is 0 Å². The predicted octanol–water partition coefficient (Wildman–Crippen LogP) is 5.06. The first-order chi connectivity index (χ1) is 14.9. The highest BCUT2D eigenvalue weighted by molar-refractivity contribution is 6.08.